The Balaban J connectivity index is 2.03. The lowest BCUT2D eigenvalue weighted by molar-refractivity contribution is 0.603. The minimum absolute atomic E-state index is 0.188. The summed E-state index contributed by atoms with van der Waals surface area (Å²) >= 11 is 1.72. The summed E-state index contributed by atoms with van der Waals surface area (Å²) in [7, 11) is 0. The molecular weight excluding hydrogens is 256 g/mol. The second-order valence-corrected chi connectivity index (χ2v) is 5.23. The molecule has 0 amide bonds. The average molecular weight is 272 g/mol. The maximum atomic E-state index is 4.40. The summed E-state index contributed by atoms with van der Waals surface area (Å²) in [4.78, 5) is 4.20. The molecule has 5 heteroatoms. The number of fused-ring (bicyclic) bond motifs is 1. The van der Waals surface area contributed by atoms with E-state index in [0.29, 0.717) is 0 Å². The molecule has 0 radical (unpaired) electrons. The first-order valence-corrected chi connectivity index (χ1v) is 7.37. The molecule has 0 aliphatic carbocycles. The summed E-state index contributed by atoms with van der Waals surface area (Å²) in [5.74, 6) is 0. The van der Waals surface area contributed by atoms with Gasteiger partial charge < -0.3 is 5.32 Å². The van der Waals surface area contributed by atoms with Gasteiger partial charge in [0.2, 0.25) is 0 Å². The van der Waals surface area contributed by atoms with E-state index in [4.69, 9.17) is 0 Å². The molecule has 1 N–H and O–H groups in total. The maximum Gasteiger partial charge on any atom is 0.0896 e. The zero-order chi connectivity index (χ0) is 13.1. The van der Waals surface area contributed by atoms with Crippen molar-refractivity contribution in [1.82, 2.24) is 19.9 Å². The fraction of sp³-hybridized carbons (Fsp3) is 0.286. The van der Waals surface area contributed by atoms with Crippen molar-refractivity contribution >= 4 is 16.9 Å². The van der Waals surface area contributed by atoms with Crippen LogP contribution in [0.3, 0.4) is 0 Å². The van der Waals surface area contributed by atoms with E-state index in [-0.39, 0.29) is 6.04 Å². The zero-order valence-electron chi connectivity index (χ0n) is 10.8. The zero-order valence-corrected chi connectivity index (χ0v) is 11.6. The Morgan fingerprint density at radius 2 is 2.37 bits per heavy atom. The first-order chi connectivity index (χ1) is 9.40. The molecule has 3 aromatic heterocycles. The summed E-state index contributed by atoms with van der Waals surface area (Å²) in [6.45, 7) is 3.16. The predicted molar refractivity (Wildman–Crippen MR) is 77.4 cm³/mol. The van der Waals surface area contributed by atoms with E-state index in [1.54, 1.807) is 17.5 Å². The van der Waals surface area contributed by atoms with Crippen molar-refractivity contribution < 1.29 is 0 Å². The van der Waals surface area contributed by atoms with Crippen LogP contribution in [0.4, 0.5) is 0 Å². The van der Waals surface area contributed by atoms with E-state index in [2.05, 4.69) is 39.1 Å². The molecule has 3 rings (SSSR count). The molecule has 1 atom stereocenters. The minimum atomic E-state index is 0.188. The highest BCUT2D eigenvalue weighted by Crippen LogP contribution is 2.26. The van der Waals surface area contributed by atoms with Crippen LogP contribution < -0.4 is 5.32 Å². The Morgan fingerprint density at radius 3 is 3.16 bits per heavy atom. The fourth-order valence-corrected chi connectivity index (χ4v) is 2.90. The Labute approximate surface area is 116 Å². The van der Waals surface area contributed by atoms with Gasteiger partial charge in [0.05, 0.1) is 24.0 Å². The molecule has 19 heavy (non-hydrogen) atoms. The van der Waals surface area contributed by atoms with E-state index in [1.807, 2.05) is 23.1 Å². The van der Waals surface area contributed by atoms with E-state index < -0.39 is 0 Å². The normalized spacial score (nSPS) is 12.9. The number of thiophene rings is 1. The maximum absolute atomic E-state index is 4.40. The topological polar surface area (TPSA) is 42.2 Å². The summed E-state index contributed by atoms with van der Waals surface area (Å²) in [6.07, 6.45) is 8.54. The summed E-state index contributed by atoms with van der Waals surface area (Å²) in [6, 6.07) is 2.35. The number of hydrogen-bond donors (Lipinski definition) is 1. The lowest BCUT2D eigenvalue weighted by Crippen LogP contribution is -2.22. The molecule has 0 aliphatic rings. The van der Waals surface area contributed by atoms with Crippen LogP contribution in [0.5, 0.6) is 0 Å². The van der Waals surface area contributed by atoms with Crippen LogP contribution in [-0.4, -0.2) is 21.1 Å². The molecule has 0 aliphatic heterocycles. The van der Waals surface area contributed by atoms with E-state index in [0.717, 1.165) is 18.5 Å². The third-order valence-corrected chi connectivity index (χ3v) is 3.84. The molecule has 0 aromatic carbocycles. The van der Waals surface area contributed by atoms with Gasteiger partial charge in [0.25, 0.3) is 0 Å². The second kappa shape index (κ2) is 5.50. The number of aromatic nitrogens is 3. The van der Waals surface area contributed by atoms with Crippen LogP contribution in [0.15, 0.2) is 41.6 Å². The number of hydrogen-bond acceptors (Lipinski definition) is 4. The Morgan fingerprint density at radius 1 is 1.42 bits per heavy atom. The van der Waals surface area contributed by atoms with Gasteiger partial charge in [0.15, 0.2) is 0 Å². The van der Waals surface area contributed by atoms with Crippen molar-refractivity contribution in [3.63, 3.8) is 0 Å². The first-order valence-electron chi connectivity index (χ1n) is 6.43. The van der Waals surface area contributed by atoms with Gasteiger partial charge in [-0.3, -0.25) is 4.98 Å². The SMILES string of the molecule is CCCNC(c1ccsc1)c1cnn2ccncc12. The number of rotatable bonds is 5. The average Bonchev–Trinajstić information content (AvgIpc) is 3.09. The Kier molecular flexibility index (Phi) is 3.57. The minimum Gasteiger partial charge on any atom is -0.306 e. The highest BCUT2D eigenvalue weighted by Gasteiger charge is 2.18. The van der Waals surface area contributed by atoms with Gasteiger partial charge >= 0.3 is 0 Å². The molecule has 0 saturated carbocycles. The molecule has 0 spiro atoms. The van der Waals surface area contributed by atoms with Crippen LogP contribution >= 0.6 is 11.3 Å². The van der Waals surface area contributed by atoms with Gasteiger partial charge in [-0.1, -0.05) is 6.92 Å². The van der Waals surface area contributed by atoms with E-state index >= 15 is 0 Å². The quantitative estimate of drug-likeness (QED) is 0.776. The van der Waals surface area contributed by atoms with Crippen LogP contribution in [-0.2, 0) is 0 Å². The highest BCUT2D eigenvalue weighted by atomic mass is 32.1. The Hall–Kier alpha value is -1.72. The van der Waals surface area contributed by atoms with Crippen molar-refractivity contribution in [3.05, 3.63) is 52.7 Å². The van der Waals surface area contributed by atoms with Gasteiger partial charge in [-0.05, 0) is 35.4 Å². The standard InChI is InChI=1S/C14H16N4S/c1-2-4-16-14(11-3-7-19-10-11)12-8-17-18-6-5-15-9-13(12)18/h3,5-10,14,16H,2,4H2,1H3. The second-order valence-electron chi connectivity index (χ2n) is 4.45. The van der Waals surface area contributed by atoms with Crippen LogP contribution in [0.2, 0.25) is 0 Å². The van der Waals surface area contributed by atoms with Crippen LogP contribution in [0.1, 0.15) is 30.5 Å². The molecule has 4 nitrogen and oxygen atoms in total. The molecule has 0 saturated heterocycles. The smallest absolute Gasteiger partial charge is 0.0896 e. The summed E-state index contributed by atoms with van der Waals surface area (Å²) in [5.41, 5.74) is 3.53. The summed E-state index contributed by atoms with van der Waals surface area (Å²) < 4.78 is 1.87. The highest BCUT2D eigenvalue weighted by molar-refractivity contribution is 7.08. The molecule has 1 unspecified atom stereocenters. The third-order valence-electron chi connectivity index (χ3n) is 3.14. The van der Waals surface area contributed by atoms with Gasteiger partial charge in [0, 0.05) is 18.0 Å². The number of nitrogens with zero attached hydrogens (tertiary/aromatic N) is 3. The van der Waals surface area contributed by atoms with E-state index in [9.17, 15) is 0 Å². The molecular formula is C14H16N4S. The molecule has 0 bridgehead atoms. The lowest BCUT2D eigenvalue weighted by atomic mass is 10.0. The third kappa shape index (κ3) is 2.39. The predicted octanol–water partition coefficient (Wildman–Crippen LogP) is 2.88. The Bertz CT molecular complexity index is 644. The van der Waals surface area contributed by atoms with E-state index in [1.165, 1.54) is 11.1 Å². The summed E-state index contributed by atoms with van der Waals surface area (Å²) in [5, 5.41) is 12.3. The van der Waals surface area contributed by atoms with Crippen molar-refractivity contribution in [2.24, 2.45) is 0 Å². The van der Waals surface area contributed by atoms with Crippen LogP contribution in [0, 0.1) is 0 Å². The van der Waals surface area contributed by atoms with Gasteiger partial charge in [-0.15, -0.1) is 0 Å². The first kappa shape index (κ1) is 12.3. The van der Waals surface area contributed by atoms with Gasteiger partial charge in [-0.2, -0.15) is 16.4 Å². The van der Waals surface area contributed by atoms with Gasteiger partial charge in [-0.25, -0.2) is 4.52 Å². The molecule has 98 valence electrons. The van der Waals surface area contributed by atoms with Crippen molar-refractivity contribution in [3.8, 4) is 0 Å². The molecule has 3 aromatic rings. The largest absolute Gasteiger partial charge is 0.306 e. The van der Waals surface area contributed by atoms with Gasteiger partial charge in [0.1, 0.15) is 0 Å². The monoisotopic (exact) mass is 272 g/mol. The lowest BCUT2D eigenvalue weighted by Gasteiger charge is -2.16. The molecule has 0 fully saturated rings. The van der Waals surface area contributed by atoms with Crippen molar-refractivity contribution in [1.29, 1.82) is 0 Å². The van der Waals surface area contributed by atoms with Crippen molar-refractivity contribution in [2.45, 2.75) is 19.4 Å². The number of nitrogens with one attached hydrogen (secondary N) is 1. The van der Waals surface area contributed by atoms with Crippen molar-refractivity contribution in [2.75, 3.05) is 6.54 Å². The molecule has 3 heterocycles. The fourth-order valence-electron chi connectivity index (χ4n) is 2.21. The van der Waals surface area contributed by atoms with Crippen LogP contribution in [0.25, 0.3) is 5.52 Å².